The van der Waals surface area contributed by atoms with Crippen LogP contribution in [-0.2, 0) is 9.47 Å². The molecule has 0 saturated heterocycles. The lowest BCUT2D eigenvalue weighted by Gasteiger charge is -2.14. The van der Waals surface area contributed by atoms with E-state index in [1.807, 2.05) is 13.8 Å². The molecule has 1 aromatic rings. The minimum atomic E-state index is -0.366. The second kappa shape index (κ2) is 5.54. The van der Waals surface area contributed by atoms with Crippen LogP contribution in [-0.4, -0.2) is 18.2 Å². The molecule has 1 heterocycles. The third-order valence-electron chi connectivity index (χ3n) is 1.40. The number of hydrogen-bond donors (Lipinski definition) is 0. The highest BCUT2D eigenvalue weighted by molar-refractivity contribution is 7.10. The molecule has 0 aromatic carbocycles. The predicted molar refractivity (Wildman–Crippen MR) is 53.1 cm³/mol. The number of aromatic nitrogens is 1. The molecule has 5 heteroatoms. The molecule has 0 N–H and O–H groups in total. The first kappa shape index (κ1) is 10.9. The number of thiazole rings is 1. The fraction of sp³-hybridized carbons (Fsp3) is 0.625. The van der Waals surface area contributed by atoms with Crippen LogP contribution >= 0.6 is 22.9 Å². The second-order valence-electron chi connectivity index (χ2n) is 2.25. The molecule has 74 valence electrons. The normalized spacial score (nSPS) is 11.1. The van der Waals surface area contributed by atoms with Gasteiger partial charge in [-0.3, -0.25) is 0 Å². The summed E-state index contributed by atoms with van der Waals surface area (Å²) in [5.41, 5.74) is 1.68. The van der Waals surface area contributed by atoms with Gasteiger partial charge in [-0.25, -0.2) is 4.98 Å². The van der Waals surface area contributed by atoms with Crippen molar-refractivity contribution < 1.29 is 9.47 Å². The summed E-state index contributed by atoms with van der Waals surface area (Å²) < 4.78 is 10.7. The number of halogens is 1. The molecule has 0 aliphatic carbocycles. The van der Waals surface area contributed by atoms with Gasteiger partial charge in [-0.05, 0) is 13.8 Å². The molecule has 0 spiro atoms. The van der Waals surface area contributed by atoms with Crippen LogP contribution in [0.3, 0.4) is 0 Å². The van der Waals surface area contributed by atoms with E-state index in [2.05, 4.69) is 4.98 Å². The van der Waals surface area contributed by atoms with Crippen molar-refractivity contribution in [3.63, 3.8) is 0 Å². The van der Waals surface area contributed by atoms with E-state index in [0.29, 0.717) is 18.4 Å². The van der Waals surface area contributed by atoms with Gasteiger partial charge in [-0.1, -0.05) is 11.6 Å². The standard InChI is InChI=1S/C8H12ClNO2S/c1-3-11-8(12-4-2)6-7(9)10-5-13-6/h5,8H,3-4H2,1-2H3. The molecule has 0 fully saturated rings. The lowest BCUT2D eigenvalue weighted by Crippen LogP contribution is -2.07. The maximum Gasteiger partial charge on any atom is 0.196 e. The van der Waals surface area contributed by atoms with E-state index in [-0.39, 0.29) is 6.29 Å². The van der Waals surface area contributed by atoms with E-state index < -0.39 is 0 Å². The number of rotatable bonds is 5. The predicted octanol–water partition coefficient (Wildman–Crippen LogP) is 2.87. The van der Waals surface area contributed by atoms with Crippen LogP contribution in [0.4, 0.5) is 0 Å². The Kier molecular flexibility index (Phi) is 4.66. The molecule has 0 saturated carbocycles. The molecule has 0 atom stereocenters. The van der Waals surface area contributed by atoms with Crippen LogP contribution in [0.1, 0.15) is 25.0 Å². The van der Waals surface area contributed by atoms with Crippen molar-refractivity contribution >= 4 is 22.9 Å². The zero-order chi connectivity index (χ0) is 9.68. The summed E-state index contributed by atoms with van der Waals surface area (Å²) in [5, 5.41) is 0.469. The van der Waals surface area contributed by atoms with E-state index in [1.54, 1.807) is 5.51 Å². The van der Waals surface area contributed by atoms with E-state index in [9.17, 15) is 0 Å². The molecule has 0 aliphatic rings. The molecule has 0 amide bonds. The monoisotopic (exact) mass is 221 g/mol. The molecule has 0 aliphatic heterocycles. The minimum absolute atomic E-state index is 0.366. The molecular formula is C8H12ClNO2S. The van der Waals surface area contributed by atoms with Crippen molar-refractivity contribution in [2.75, 3.05) is 13.2 Å². The quantitative estimate of drug-likeness (QED) is 0.717. The fourth-order valence-electron chi connectivity index (χ4n) is 0.897. The number of nitrogens with zero attached hydrogens (tertiary/aromatic N) is 1. The van der Waals surface area contributed by atoms with Gasteiger partial charge >= 0.3 is 0 Å². The summed E-state index contributed by atoms with van der Waals surface area (Å²) in [6, 6.07) is 0. The average molecular weight is 222 g/mol. The maximum atomic E-state index is 5.85. The van der Waals surface area contributed by atoms with Crippen LogP contribution < -0.4 is 0 Å². The SMILES string of the molecule is CCOC(OCC)c1scnc1Cl. The highest BCUT2D eigenvalue weighted by Crippen LogP contribution is 2.29. The third kappa shape index (κ3) is 2.91. The molecule has 0 radical (unpaired) electrons. The van der Waals surface area contributed by atoms with Crippen LogP contribution in [0.5, 0.6) is 0 Å². The first-order valence-corrected chi connectivity index (χ1v) is 5.37. The molecule has 1 rings (SSSR count). The van der Waals surface area contributed by atoms with Gasteiger partial charge in [-0.2, -0.15) is 0 Å². The molecular weight excluding hydrogens is 210 g/mol. The fourth-order valence-corrected chi connectivity index (χ4v) is 1.89. The number of hydrogen-bond acceptors (Lipinski definition) is 4. The molecule has 3 nitrogen and oxygen atoms in total. The van der Waals surface area contributed by atoms with Crippen molar-refractivity contribution in [2.45, 2.75) is 20.1 Å². The lowest BCUT2D eigenvalue weighted by atomic mass is 10.5. The topological polar surface area (TPSA) is 31.4 Å². The van der Waals surface area contributed by atoms with Crippen LogP contribution in [0, 0.1) is 0 Å². The number of ether oxygens (including phenoxy) is 2. The molecule has 1 aromatic heterocycles. The Bertz CT molecular complexity index is 248. The Hall–Kier alpha value is -0.160. The van der Waals surface area contributed by atoms with Gasteiger partial charge in [-0.15, -0.1) is 11.3 Å². The summed E-state index contributed by atoms with van der Waals surface area (Å²) >= 11 is 7.29. The van der Waals surface area contributed by atoms with Crippen LogP contribution in [0.25, 0.3) is 0 Å². The van der Waals surface area contributed by atoms with Gasteiger partial charge in [0.05, 0.1) is 10.4 Å². The third-order valence-corrected chi connectivity index (χ3v) is 2.66. The maximum absolute atomic E-state index is 5.85. The van der Waals surface area contributed by atoms with E-state index in [0.717, 1.165) is 4.88 Å². The molecule has 0 unspecified atom stereocenters. The largest absolute Gasteiger partial charge is 0.348 e. The molecule has 13 heavy (non-hydrogen) atoms. The van der Waals surface area contributed by atoms with E-state index >= 15 is 0 Å². The summed E-state index contributed by atoms with van der Waals surface area (Å²) in [7, 11) is 0. The average Bonchev–Trinajstić information content (AvgIpc) is 2.51. The minimum Gasteiger partial charge on any atom is -0.348 e. The van der Waals surface area contributed by atoms with Crippen molar-refractivity contribution in [1.29, 1.82) is 0 Å². The van der Waals surface area contributed by atoms with Crippen molar-refractivity contribution in [3.05, 3.63) is 15.5 Å². The zero-order valence-electron chi connectivity index (χ0n) is 7.62. The summed E-state index contributed by atoms with van der Waals surface area (Å²) in [5.74, 6) is 0. The molecule has 0 bridgehead atoms. The first-order valence-electron chi connectivity index (χ1n) is 4.11. The second-order valence-corrected chi connectivity index (χ2v) is 3.49. The van der Waals surface area contributed by atoms with Crippen molar-refractivity contribution in [2.24, 2.45) is 0 Å². The highest BCUT2D eigenvalue weighted by atomic mass is 35.5. The van der Waals surface area contributed by atoms with Gasteiger partial charge in [0, 0.05) is 13.2 Å². The first-order chi connectivity index (χ1) is 6.29. The van der Waals surface area contributed by atoms with E-state index in [4.69, 9.17) is 21.1 Å². The summed E-state index contributed by atoms with van der Waals surface area (Å²) in [6.07, 6.45) is -0.366. The Balaban J connectivity index is 2.69. The summed E-state index contributed by atoms with van der Waals surface area (Å²) in [4.78, 5) is 4.76. The van der Waals surface area contributed by atoms with Gasteiger partial charge in [0.1, 0.15) is 5.15 Å². The van der Waals surface area contributed by atoms with Gasteiger partial charge < -0.3 is 9.47 Å². The van der Waals surface area contributed by atoms with Crippen molar-refractivity contribution in [1.82, 2.24) is 4.98 Å². The van der Waals surface area contributed by atoms with E-state index in [1.165, 1.54) is 11.3 Å². The highest BCUT2D eigenvalue weighted by Gasteiger charge is 2.17. The van der Waals surface area contributed by atoms with Gasteiger partial charge in [0.25, 0.3) is 0 Å². The van der Waals surface area contributed by atoms with Crippen LogP contribution in [0.15, 0.2) is 5.51 Å². The lowest BCUT2D eigenvalue weighted by molar-refractivity contribution is -0.138. The Morgan fingerprint density at radius 1 is 1.46 bits per heavy atom. The van der Waals surface area contributed by atoms with Gasteiger partial charge in [0.15, 0.2) is 6.29 Å². The van der Waals surface area contributed by atoms with Crippen LogP contribution in [0.2, 0.25) is 5.15 Å². The Labute approximate surface area is 86.6 Å². The van der Waals surface area contributed by atoms with Crippen molar-refractivity contribution in [3.8, 4) is 0 Å². The van der Waals surface area contributed by atoms with Gasteiger partial charge in [0.2, 0.25) is 0 Å². The zero-order valence-corrected chi connectivity index (χ0v) is 9.19. The summed E-state index contributed by atoms with van der Waals surface area (Å²) in [6.45, 7) is 5.03. The Morgan fingerprint density at radius 3 is 2.46 bits per heavy atom. The smallest absolute Gasteiger partial charge is 0.196 e. The Morgan fingerprint density at radius 2 is 2.08 bits per heavy atom.